The Bertz CT molecular complexity index is 941. The van der Waals surface area contributed by atoms with Crippen LogP contribution in [0.25, 0.3) is 0 Å². The number of fused-ring (bicyclic) bond motifs is 5. The quantitative estimate of drug-likeness (QED) is 0.253. The molecular weight excluding hydrogens is 490 g/mol. The molecule has 4 aliphatic rings. The van der Waals surface area contributed by atoms with Gasteiger partial charge in [0.1, 0.15) is 12.7 Å². The van der Waals surface area contributed by atoms with E-state index in [1.165, 1.54) is 19.3 Å². The van der Waals surface area contributed by atoms with Crippen LogP contribution in [0, 0.1) is 63.1 Å². The van der Waals surface area contributed by atoms with E-state index in [-0.39, 0.29) is 48.0 Å². The summed E-state index contributed by atoms with van der Waals surface area (Å²) in [5.41, 5.74) is -0.0428. The minimum absolute atomic E-state index is 0.0256. The topological polar surface area (TPSA) is 96.6 Å². The van der Waals surface area contributed by atoms with Gasteiger partial charge in [-0.1, -0.05) is 27.7 Å². The van der Waals surface area contributed by atoms with Gasteiger partial charge in [0.25, 0.3) is 0 Å². The molecule has 10 unspecified atom stereocenters. The second kappa shape index (κ2) is 11.7. The summed E-state index contributed by atoms with van der Waals surface area (Å²) in [6, 6.07) is 2.01. The van der Waals surface area contributed by atoms with Crippen molar-refractivity contribution < 1.29 is 24.2 Å². The highest BCUT2D eigenvalue weighted by atomic mass is 16.5. The maximum atomic E-state index is 12.8. The average molecular weight is 544 g/mol. The van der Waals surface area contributed by atoms with Crippen molar-refractivity contribution in [2.45, 2.75) is 131 Å². The fourth-order valence-corrected chi connectivity index (χ4v) is 9.55. The molecule has 0 bridgehead atoms. The van der Waals surface area contributed by atoms with Crippen LogP contribution in [-0.2, 0) is 19.1 Å². The van der Waals surface area contributed by atoms with E-state index in [2.05, 4.69) is 20.8 Å². The van der Waals surface area contributed by atoms with Crippen LogP contribution in [0.4, 0.5) is 0 Å². The third-order valence-corrected chi connectivity index (χ3v) is 12.4. The van der Waals surface area contributed by atoms with Gasteiger partial charge in [-0.15, -0.1) is 0 Å². The van der Waals surface area contributed by atoms with Crippen molar-refractivity contribution in [3.63, 3.8) is 0 Å². The molecule has 0 spiro atoms. The van der Waals surface area contributed by atoms with Gasteiger partial charge in [0.2, 0.25) is 0 Å². The number of aliphatic hydroxyl groups is 1. The highest BCUT2D eigenvalue weighted by Gasteiger charge is 2.63. The van der Waals surface area contributed by atoms with Crippen LogP contribution < -0.4 is 0 Å². The third-order valence-electron chi connectivity index (χ3n) is 12.4. The van der Waals surface area contributed by atoms with Crippen LogP contribution in [0.2, 0.25) is 0 Å². The molecule has 6 heteroatoms. The van der Waals surface area contributed by atoms with E-state index in [4.69, 9.17) is 14.7 Å². The van der Waals surface area contributed by atoms with Crippen LogP contribution in [0.3, 0.4) is 0 Å². The molecule has 4 rings (SSSR count). The zero-order valence-corrected chi connectivity index (χ0v) is 25.3. The summed E-state index contributed by atoms with van der Waals surface area (Å²) in [6.45, 7) is 13.4. The van der Waals surface area contributed by atoms with Crippen molar-refractivity contribution in [2.75, 3.05) is 6.61 Å². The molecule has 0 amide bonds. The number of rotatable bonds is 9. The Balaban J connectivity index is 1.40. The fourth-order valence-electron chi connectivity index (χ4n) is 9.55. The second-order valence-corrected chi connectivity index (χ2v) is 14.7. The van der Waals surface area contributed by atoms with Gasteiger partial charge in [0, 0.05) is 6.42 Å². The van der Waals surface area contributed by atoms with Gasteiger partial charge in [-0.3, -0.25) is 9.59 Å². The van der Waals surface area contributed by atoms with Crippen LogP contribution >= 0.6 is 0 Å². The molecular formula is C33H53NO5. The number of esters is 2. The summed E-state index contributed by atoms with van der Waals surface area (Å²) in [6.07, 6.45) is 10.4. The second-order valence-electron chi connectivity index (χ2n) is 14.7. The fraction of sp³-hybridized carbons (Fsp3) is 0.909. The maximum absolute atomic E-state index is 12.8. The van der Waals surface area contributed by atoms with Crippen LogP contribution in [0.15, 0.2) is 0 Å². The molecule has 1 N–H and O–H groups in total. The first-order chi connectivity index (χ1) is 18.4. The molecule has 10 atom stereocenters. The zero-order valence-electron chi connectivity index (χ0n) is 25.3. The highest BCUT2D eigenvalue weighted by Crippen LogP contribution is 2.68. The number of hydrogen-bond donors (Lipinski definition) is 1. The van der Waals surface area contributed by atoms with E-state index in [9.17, 15) is 14.7 Å². The average Bonchev–Trinajstić information content (AvgIpc) is 3.25. The van der Waals surface area contributed by atoms with Crippen molar-refractivity contribution >= 4 is 11.9 Å². The molecule has 6 nitrogen and oxygen atoms in total. The molecule has 4 aliphatic carbocycles. The Morgan fingerprint density at radius 2 is 1.77 bits per heavy atom. The molecule has 4 fully saturated rings. The van der Waals surface area contributed by atoms with Crippen molar-refractivity contribution in [1.29, 1.82) is 5.26 Å². The molecule has 0 aliphatic heterocycles. The lowest BCUT2D eigenvalue weighted by molar-refractivity contribution is -0.186. The SMILES string of the molecule is CCC(C)(C)C(=O)OC1CCC2(C)C(C1)CC(O)C1C2CCC2(C)C(C(C)CCC(=O)OCCC#N)CCC12. The Kier molecular flexibility index (Phi) is 9.11. The van der Waals surface area contributed by atoms with Gasteiger partial charge >= 0.3 is 11.9 Å². The van der Waals surface area contributed by atoms with E-state index in [1.807, 2.05) is 26.8 Å². The first kappa shape index (κ1) is 30.4. The summed E-state index contributed by atoms with van der Waals surface area (Å²) in [5, 5.41) is 20.3. The lowest BCUT2D eigenvalue weighted by Gasteiger charge is -2.62. The summed E-state index contributed by atoms with van der Waals surface area (Å²) >= 11 is 0. The summed E-state index contributed by atoms with van der Waals surface area (Å²) in [7, 11) is 0. The van der Waals surface area contributed by atoms with Crippen molar-refractivity contribution in [3.8, 4) is 6.07 Å². The van der Waals surface area contributed by atoms with Crippen molar-refractivity contribution in [2.24, 2.45) is 51.8 Å². The lowest BCUT2D eigenvalue weighted by Crippen LogP contribution is -2.59. The zero-order chi connectivity index (χ0) is 28.6. The van der Waals surface area contributed by atoms with Gasteiger partial charge in [-0.05, 0) is 124 Å². The van der Waals surface area contributed by atoms with Crippen LogP contribution in [0.5, 0.6) is 0 Å². The normalized spacial score (nSPS) is 40.4. The Labute approximate surface area is 236 Å². The number of ether oxygens (including phenoxy) is 2. The molecule has 220 valence electrons. The number of carbonyl (C=O) groups is 2. The van der Waals surface area contributed by atoms with Crippen LogP contribution in [0.1, 0.15) is 119 Å². The summed E-state index contributed by atoms with van der Waals surface area (Å²) in [5.74, 6) is 2.52. The molecule has 39 heavy (non-hydrogen) atoms. The largest absolute Gasteiger partial charge is 0.465 e. The molecule has 0 aromatic rings. The monoisotopic (exact) mass is 543 g/mol. The molecule has 0 aromatic carbocycles. The highest BCUT2D eigenvalue weighted by molar-refractivity contribution is 5.76. The lowest BCUT2D eigenvalue weighted by atomic mass is 9.43. The van der Waals surface area contributed by atoms with E-state index in [1.54, 1.807) is 0 Å². The van der Waals surface area contributed by atoms with Crippen LogP contribution in [-0.4, -0.2) is 35.9 Å². The minimum Gasteiger partial charge on any atom is -0.465 e. The van der Waals surface area contributed by atoms with E-state index in [0.29, 0.717) is 41.9 Å². The van der Waals surface area contributed by atoms with Crippen molar-refractivity contribution in [1.82, 2.24) is 0 Å². The third kappa shape index (κ3) is 5.77. The first-order valence-electron chi connectivity index (χ1n) is 15.8. The Morgan fingerprint density at radius 3 is 2.46 bits per heavy atom. The van der Waals surface area contributed by atoms with E-state index < -0.39 is 5.41 Å². The van der Waals surface area contributed by atoms with Gasteiger partial charge in [0.15, 0.2) is 0 Å². The molecule has 0 saturated heterocycles. The van der Waals surface area contributed by atoms with Gasteiger partial charge < -0.3 is 14.6 Å². The van der Waals surface area contributed by atoms with Crippen molar-refractivity contribution in [3.05, 3.63) is 0 Å². The Morgan fingerprint density at radius 1 is 1.08 bits per heavy atom. The molecule has 0 heterocycles. The smallest absolute Gasteiger partial charge is 0.311 e. The van der Waals surface area contributed by atoms with Gasteiger partial charge in [0.05, 0.1) is 24.0 Å². The summed E-state index contributed by atoms with van der Waals surface area (Å²) in [4.78, 5) is 24.9. The minimum atomic E-state index is -0.445. The Hall–Kier alpha value is -1.61. The van der Waals surface area contributed by atoms with E-state index in [0.717, 1.165) is 44.9 Å². The van der Waals surface area contributed by atoms with Gasteiger partial charge in [-0.25, -0.2) is 0 Å². The molecule has 0 aromatic heterocycles. The number of nitriles is 1. The van der Waals surface area contributed by atoms with Gasteiger partial charge in [-0.2, -0.15) is 5.26 Å². The predicted molar refractivity (Wildman–Crippen MR) is 150 cm³/mol. The first-order valence-corrected chi connectivity index (χ1v) is 15.8. The van der Waals surface area contributed by atoms with E-state index >= 15 is 0 Å². The predicted octanol–water partition coefficient (Wildman–Crippen LogP) is 6.84. The molecule has 0 radical (unpaired) electrons. The summed E-state index contributed by atoms with van der Waals surface area (Å²) < 4.78 is 11.2. The molecule has 4 saturated carbocycles. The standard InChI is InChI=1S/C33H53NO5/c1-7-31(3,4)30(37)39-23-13-15-32(5)22(19-23)20-27(35)29-25-11-10-24(33(25,6)16-14-26(29)32)21(2)9-12-28(36)38-18-8-17-34/h21-27,29,35H,7-16,18-20H2,1-6H3. The number of aliphatic hydroxyl groups excluding tert-OH is 1. The number of hydrogen-bond acceptors (Lipinski definition) is 6. The number of nitrogens with zero attached hydrogens (tertiary/aromatic N) is 1. The number of carbonyl (C=O) groups excluding carboxylic acids is 2. The maximum Gasteiger partial charge on any atom is 0.311 e.